The lowest BCUT2D eigenvalue weighted by molar-refractivity contribution is -0.383. The molecule has 1 aromatic heterocycles. The molecule has 1 fully saturated rings. The summed E-state index contributed by atoms with van der Waals surface area (Å²) in [7, 11) is 0. The number of nitro benzene ring substituents is 1. The predicted octanol–water partition coefficient (Wildman–Crippen LogP) is 3.11. The largest absolute Gasteiger partial charge is 0.396 e. The molecule has 0 saturated heterocycles. The predicted molar refractivity (Wildman–Crippen MR) is 84.9 cm³/mol. The van der Waals surface area contributed by atoms with Gasteiger partial charge in [0.2, 0.25) is 0 Å². The van der Waals surface area contributed by atoms with E-state index < -0.39 is 0 Å². The Labute approximate surface area is 128 Å². The van der Waals surface area contributed by atoms with Crippen molar-refractivity contribution in [3.05, 3.63) is 40.6 Å². The molecule has 0 bridgehead atoms. The molecule has 2 unspecified atom stereocenters. The standard InChI is InChI=1S/C16H19N3O3/c20-10-8-11-3-1-5-13(11)18-14-6-7-15(19(21)22)12-4-2-9-17-16(12)14/h2,4,6-7,9,11,13,18,20H,1,3,5,8,10H2. The van der Waals surface area contributed by atoms with Crippen molar-refractivity contribution in [1.82, 2.24) is 4.98 Å². The number of nitrogens with zero attached hydrogens (tertiary/aromatic N) is 2. The van der Waals surface area contributed by atoms with Gasteiger partial charge >= 0.3 is 0 Å². The minimum absolute atomic E-state index is 0.0759. The van der Waals surface area contributed by atoms with Crippen LogP contribution in [0.25, 0.3) is 10.9 Å². The quantitative estimate of drug-likeness (QED) is 0.654. The first-order valence-electron chi connectivity index (χ1n) is 7.60. The number of non-ortho nitro benzene ring substituents is 1. The minimum atomic E-state index is -0.377. The maximum Gasteiger partial charge on any atom is 0.278 e. The van der Waals surface area contributed by atoms with Gasteiger partial charge in [-0.15, -0.1) is 0 Å². The smallest absolute Gasteiger partial charge is 0.278 e. The zero-order valence-electron chi connectivity index (χ0n) is 12.2. The third kappa shape index (κ3) is 2.74. The molecule has 3 rings (SSSR count). The Morgan fingerprint density at radius 3 is 3.00 bits per heavy atom. The van der Waals surface area contributed by atoms with Gasteiger partial charge in [-0.2, -0.15) is 0 Å². The van der Waals surface area contributed by atoms with Crippen LogP contribution in [-0.4, -0.2) is 27.7 Å². The number of nitro groups is 1. The maximum absolute atomic E-state index is 11.1. The molecule has 6 nitrogen and oxygen atoms in total. The van der Waals surface area contributed by atoms with Crippen molar-refractivity contribution >= 4 is 22.3 Å². The van der Waals surface area contributed by atoms with Crippen molar-refractivity contribution in [2.75, 3.05) is 11.9 Å². The van der Waals surface area contributed by atoms with Crippen molar-refractivity contribution < 1.29 is 10.0 Å². The molecule has 1 aliphatic rings. The molecule has 0 spiro atoms. The molecule has 6 heteroatoms. The Bertz CT molecular complexity index is 689. The van der Waals surface area contributed by atoms with Crippen molar-refractivity contribution in [2.24, 2.45) is 5.92 Å². The second kappa shape index (κ2) is 6.27. The van der Waals surface area contributed by atoms with Crippen LogP contribution in [0.15, 0.2) is 30.5 Å². The molecule has 0 amide bonds. The molecular weight excluding hydrogens is 282 g/mol. The second-order valence-corrected chi connectivity index (χ2v) is 5.74. The second-order valence-electron chi connectivity index (χ2n) is 5.74. The van der Waals surface area contributed by atoms with Crippen LogP contribution in [0.4, 0.5) is 11.4 Å². The first kappa shape index (κ1) is 14.7. The summed E-state index contributed by atoms with van der Waals surface area (Å²) in [4.78, 5) is 15.1. The fourth-order valence-corrected chi connectivity index (χ4v) is 3.37. The number of anilines is 1. The number of aromatic nitrogens is 1. The van der Waals surface area contributed by atoms with E-state index in [0.29, 0.717) is 22.9 Å². The average molecular weight is 301 g/mol. The van der Waals surface area contributed by atoms with Gasteiger partial charge in [-0.1, -0.05) is 6.42 Å². The summed E-state index contributed by atoms with van der Waals surface area (Å²) in [6.07, 6.45) is 5.74. The van der Waals surface area contributed by atoms with Crippen LogP contribution in [0.2, 0.25) is 0 Å². The van der Waals surface area contributed by atoms with E-state index >= 15 is 0 Å². The van der Waals surface area contributed by atoms with Gasteiger partial charge in [-0.25, -0.2) is 0 Å². The summed E-state index contributed by atoms with van der Waals surface area (Å²) < 4.78 is 0. The summed E-state index contributed by atoms with van der Waals surface area (Å²) >= 11 is 0. The van der Waals surface area contributed by atoms with E-state index in [2.05, 4.69) is 10.3 Å². The highest BCUT2D eigenvalue weighted by Gasteiger charge is 2.27. The monoisotopic (exact) mass is 301 g/mol. The number of aliphatic hydroxyl groups is 1. The van der Waals surface area contributed by atoms with Crippen LogP contribution in [0.1, 0.15) is 25.7 Å². The molecular formula is C16H19N3O3. The Morgan fingerprint density at radius 2 is 2.23 bits per heavy atom. The number of aliphatic hydroxyl groups excluding tert-OH is 1. The summed E-state index contributed by atoms with van der Waals surface area (Å²) in [5, 5.41) is 24.3. The normalized spacial score (nSPS) is 21.1. The third-order valence-corrected chi connectivity index (χ3v) is 4.44. The lowest BCUT2D eigenvalue weighted by atomic mass is 9.99. The highest BCUT2D eigenvalue weighted by molar-refractivity contribution is 5.96. The average Bonchev–Trinajstić information content (AvgIpc) is 2.95. The zero-order chi connectivity index (χ0) is 15.5. The van der Waals surface area contributed by atoms with Crippen molar-refractivity contribution in [3.63, 3.8) is 0 Å². The summed E-state index contributed by atoms with van der Waals surface area (Å²) in [6.45, 7) is 0.197. The maximum atomic E-state index is 11.1. The third-order valence-electron chi connectivity index (χ3n) is 4.44. The van der Waals surface area contributed by atoms with Crippen LogP contribution in [-0.2, 0) is 0 Å². The van der Waals surface area contributed by atoms with Crippen LogP contribution in [0, 0.1) is 16.0 Å². The number of benzene rings is 1. The summed E-state index contributed by atoms with van der Waals surface area (Å²) in [5.41, 5.74) is 1.54. The number of hydrogen-bond donors (Lipinski definition) is 2. The Balaban J connectivity index is 1.95. The fraction of sp³-hybridized carbons (Fsp3) is 0.438. The number of fused-ring (bicyclic) bond motifs is 1. The Hall–Kier alpha value is -2.21. The van der Waals surface area contributed by atoms with E-state index in [1.54, 1.807) is 24.4 Å². The molecule has 22 heavy (non-hydrogen) atoms. The highest BCUT2D eigenvalue weighted by Crippen LogP contribution is 2.34. The van der Waals surface area contributed by atoms with E-state index in [-0.39, 0.29) is 17.2 Å². The van der Waals surface area contributed by atoms with Crippen molar-refractivity contribution in [1.29, 1.82) is 0 Å². The van der Waals surface area contributed by atoms with Gasteiger partial charge in [0.05, 0.1) is 16.0 Å². The minimum Gasteiger partial charge on any atom is -0.396 e. The molecule has 0 aliphatic heterocycles. The van der Waals surface area contributed by atoms with Crippen LogP contribution < -0.4 is 5.32 Å². The van der Waals surface area contributed by atoms with Gasteiger partial charge < -0.3 is 10.4 Å². The molecule has 1 aromatic carbocycles. The number of nitrogens with one attached hydrogen (secondary N) is 1. The number of pyridine rings is 1. The molecule has 2 atom stereocenters. The Kier molecular flexibility index (Phi) is 4.20. The van der Waals surface area contributed by atoms with Crippen molar-refractivity contribution in [3.8, 4) is 0 Å². The van der Waals surface area contributed by atoms with Crippen molar-refractivity contribution in [2.45, 2.75) is 31.7 Å². The first-order chi connectivity index (χ1) is 10.7. The van der Waals surface area contributed by atoms with Crippen LogP contribution in [0.5, 0.6) is 0 Å². The summed E-state index contributed by atoms with van der Waals surface area (Å²) in [6, 6.07) is 7.00. The van der Waals surface area contributed by atoms with Gasteiger partial charge in [0.1, 0.15) is 5.52 Å². The number of hydrogen-bond acceptors (Lipinski definition) is 5. The topological polar surface area (TPSA) is 88.3 Å². The molecule has 1 aliphatic carbocycles. The molecule has 2 N–H and O–H groups in total. The summed E-state index contributed by atoms with van der Waals surface area (Å²) in [5.74, 6) is 0.443. The van der Waals surface area contributed by atoms with E-state index in [4.69, 9.17) is 5.11 Å². The molecule has 1 heterocycles. The first-order valence-corrected chi connectivity index (χ1v) is 7.60. The van der Waals surface area contributed by atoms with Crippen LogP contribution >= 0.6 is 0 Å². The van der Waals surface area contributed by atoms with E-state index in [0.717, 1.165) is 31.4 Å². The lowest BCUT2D eigenvalue weighted by Crippen LogP contribution is -2.24. The molecule has 1 saturated carbocycles. The highest BCUT2D eigenvalue weighted by atomic mass is 16.6. The molecule has 116 valence electrons. The van der Waals surface area contributed by atoms with Gasteiger partial charge in [0, 0.05) is 24.9 Å². The Morgan fingerprint density at radius 1 is 1.36 bits per heavy atom. The van der Waals surface area contributed by atoms with Gasteiger partial charge in [0.15, 0.2) is 0 Å². The van der Waals surface area contributed by atoms with Crippen LogP contribution in [0.3, 0.4) is 0 Å². The fourth-order valence-electron chi connectivity index (χ4n) is 3.37. The van der Waals surface area contributed by atoms with Gasteiger partial charge in [-0.05, 0) is 43.4 Å². The SMILES string of the molecule is O=[N+]([O-])c1ccc(NC2CCCC2CCO)c2ncccc12. The lowest BCUT2D eigenvalue weighted by Gasteiger charge is -2.22. The van der Waals surface area contributed by atoms with E-state index in [1.807, 2.05) is 0 Å². The van der Waals surface area contributed by atoms with Gasteiger partial charge in [0.25, 0.3) is 5.69 Å². The molecule has 0 radical (unpaired) electrons. The zero-order valence-corrected chi connectivity index (χ0v) is 12.2. The number of rotatable bonds is 5. The van der Waals surface area contributed by atoms with E-state index in [9.17, 15) is 10.1 Å². The van der Waals surface area contributed by atoms with E-state index in [1.165, 1.54) is 6.07 Å². The molecule has 2 aromatic rings. The van der Waals surface area contributed by atoms with Gasteiger partial charge in [-0.3, -0.25) is 15.1 Å².